The minimum atomic E-state index is -0.529. The minimum Gasteiger partial charge on any atom is -0.353 e. The SMILES string of the molecule is O=C1CN(c2ccc(NC(=O)C3CSCN3C(=O)c3ccccc3)cn2)CCN1. The van der Waals surface area contributed by atoms with E-state index in [0.29, 0.717) is 41.8 Å². The summed E-state index contributed by atoms with van der Waals surface area (Å²) >= 11 is 1.56. The Kier molecular flexibility index (Phi) is 5.66. The van der Waals surface area contributed by atoms with Crippen LogP contribution in [0.3, 0.4) is 0 Å². The van der Waals surface area contributed by atoms with Gasteiger partial charge in [-0.3, -0.25) is 14.4 Å². The number of thioether (sulfide) groups is 1. The van der Waals surface area contributed by atoms with Gasteiger partial charge in [0.25, 0.3) is 5.91 Å². The molecule has 9 heteroatoms. The smallest absolute Gasteiger partial charge is 0.255 e. The number of hydrogen-bond donors (Lipinski definition) is 2. The number of piperazine rings is 1. The summed E-state index contributed by atoms with van der Waals surface area (Å²) in [5, 5.41) is 5.63. The van der Waals surface area contributed by atoms with Crippen LogP contribution in [0.5, 0.6) is 0 Å². The summed E-state index contributed by atoms with van der Waals surface area (Å²) in [5.74, 6) is 1.32. The first kappa shape index (κ1) is 19.3. The highest BCUT2D eigenvalue weighted by Gasteiger charge is 2.35. The van der Waals surface area contributed by atoms with Crippen molar-refractivity contribution < 1.29 is 14.4 Å². The van der Waals surface area contributed by atoms with Crippen molar-refractivity contribution in [1.82, 2.24) is 15.2 Å². The molecular weight excluding hydrogens is 390 g/mol. The second-order valence-electron chi connectivity index (χ2n) is 6.82. The van der Waals surface area contributed by atoms with Crippen LogP contribution >= 0.6 is 11.8 Å². The maximum Gasteiger partial charge on any atom is 0.255 e. The Bertz CT molecular complexity index is 906. The van der Waals surface area contributed by atoms with E-state index in [-0.39, 0.29) is 24.3 Å². The highest BCUT2D eigenvalue weighted by Crippen LogP contribution is 2.24. The fraction of sp³-hybridized carbons (Fsp3) is 0.300. The molecule has 4 rings (SSSR count). The molecule has 2 aliphatic rings. The Morgan fingerprint density at radius 3 is 2.72 bits per heavy atom. The van der Waals surface area contributed by atoms with Crippen LogP contribution in [0.25, 0.3) is 0 Å². The molecule has 1 aromatic carbocycles. The topological polar surface area (TPSA) is 94.6 Å². The molecule has 2 aromatic rings. The third kappa shape index (κ3) is 4.34. The van der Waals surface area contributed by atoms with Gasteiger partial charge in [0, 0.05) is 24.4 Å². The van der Waals surface area contributed by atoms with Crippen molar-refractivity contribution in [3.05, 3.63) is 54.2 Å². The highest BCUT2D eigenvalue weighted by atomic mass is 32.2. The van der Waals surface area contributed by atoms with Gasteiger partial charge in [-0.25, -0.2) is 4.98 Å². The van der Waals surface area contributed by atoms with Gasteiger partial charge in [-0.05, 0) is 24.3 Å². The second-order valence-corrected chi connectivity index (χ2v) is 7.82. The lowest BCUT2D eigenvalue weighted by Gasteiger charge is -2.27. The van der Waals surface area contributed by atoms with E-state index in [0.717, 1.165) is 0 Å². The van der Waals surface area contributed by atoms with E-state index in [9.17, 15) is 14.4 Å². The number of aromatic nitrogens is 1. The van der Waals surface area contributed by atoms with Crippen molar-refractivity contribution >= 4 is 41.0 Å². The Labute approximate surface area is 172 Å². The molecule has 1 atom stereocenters. The van der Waals surface area contributed by atoms with Crippen LogP contribution in [0, 0.1) is 0 Å². The molecule has 29 heavy (non-hydrogen) atoms. The molecule has 0 spiro atoms. The fourth-order valence-corrected chi connectivity index (χ4v) is 4.47. The van der Waals surface area contributed by atoms with Crippen molar-refractivity contribution in [2.75, 3.05) is 41.5 Å². The van der Waals surface area contributed by atoms with Gasteiger partial charge in [-0.15, -0.1) is 11.8 Å². The lowest BCUT2D eigenvalue weighted by molar-refractivity contribution is -0.120. The van der Waals surface area contributed by atoms with Crippen molar-refractivity contribution in [3.8, 4) is 0 Å². The molecule has 0 saturated carbocycles. The minimum absolute atomic E-state index is 0.0302. The largest absolute Gasteiger partial charge is 0.353 e. The van der Waals surface area contributed by atoms with Crippen molar-refractivity contribution in [2.24, 2.45) is 0 Å². The van der Waals surface area contributed by atoms with Gasteiger partial charge in [0.1, 0.15) is 11.9 Å². The number of hydrogen-bond acceptors (Lipinski definition) is 6. The zero-order chi connectivity index (χ0) is 20.2. The molecule has 1 unspecified atom stereocenters. The van der Waals surface area contributed by atoms with Crippen LogP contribution in [-0.2, 0) is 9.59 Å². The van der Waals surface area contributed by atoms with Gasteiger partial charge in [-0.1, -0.05) is 18.2 Å². The van der Waals surface area contributed by atoms with Gasteiger partial charge in [-0.2, -0.15) is 0 Å². The second kappa shape index (κ2) is 8.52. The summed E-state index contributed by atoms with van der Waals surface area (Å²) in [4.78, 5) is 44.9. The molecule has 3 amide bonds. The van der Waals surface area contributed by atoms with Crippen LogP contribution in [-0.4, -0.2) is 64.9 Å². The van der Waals surface area contributed by atoms with Gasteiger partial charge < -0.3 is 20.4 Å². The first-order chi connectivity index (χ1) is 14.1. The third-order valence-electron chi connectivity index (χ3n) is 4.84. The number of nitrogens with one attached hydrogen (secondary N) is 2. The van der Waals surface area contributed by atoms with E-state index in [4.69, 9.17) is 0 Å². The predicted molar refractivity (Wildman–Crippen MR) is 112 cm³/mol. The number of carbonyl (C=O) groups excluding carboxylic acids is 3. The molecule has 2 fully saturated rings. The van der Waals surface area contributed by atoms with Crippen LogP contribution in [0.4, 0.5) is 11.5 Å². The average molecular weight is 411 g/mol. The van der Waals surface area contributed by atoms with Crippen LogP contribution in [0.2, 0.25) is 0 Å². The summed E-state index contributed by atoms with van der Waals surface area (Å²) in [5.41, 5.74) is 1.13. The molecule has 0 radical (unpaired) electrons. The number of rotatable bonds is 4. The number of pyridine rings is 1. The molecule has 0 bridgehead atoms. The molecule has 2 saturated heterocycles. The first-order valence-electron chi connectivity index (χ1n) is 9.34. The molecule has 2 N–H and O–H groups in total. The van der Waals surface area contributed by atoms with Crippen LogP contribution in [0.1, 0.15) is 10.4 Å². The predicted octanol–water partition coefficient (Wildman–Crippen LogP) is 1.17. The van der Waals surface area contributed by atoms with Gasteiger partial charge in [0.05, 0.1) is 24.3 Å². The lowest BCUT2D eigenvalue weighted by Crippen LogP contribution is -2.48. The number of nitrogens with zero attached hydrogens (tertiary/aromatic N) is 3. The van der Waals surface area contributed by atoms with Crippen LogP contribution < -0.4 is 15.5 Å². The van der Waals surface area contributed by atoms with Crippen molar-refractivity contribution in [3.63, 3.8) is 0 Å². The number of anilines is 2. The molecule has 0 aliphatic carbocycles. The number of carbonyl (C=O) groups is 3. The van der Waals surface area contributed by atoms with Crippen LogP contribution in [0.15, 0.2) is 48.7 Å². The summed E-state index contributed by atoms with van der Waals surface area (Å²) in [6.45, 7) is 1.55. The van der Waals surface area contributed by atoms with Gasteiger partial charge in [0.2, 0.25) is 11.8 Å². The van der Waals surface area contributed by atoms with E-state index >= 15 is 0 Å². The van der Waals surface area contributed by atoms with Crippen molar-refractivity contribution in [2.45, 2.75) is 6.04 Å². The molecule has 1 aromatic heterocycles. The normalized spacial score (nSPS) is 19.0. The van der Waals surface area contributed by atoms with Crippen molar-refractivity contribution in [1.29, 1.82) is 0 Å². The maximum atomic E-state index is 12.8. The lowest BCUT2D eigenvalue weighted by atomic mass is 10.1. The molecule has 8 nitrogen and oxygen atoms in total. The summed E-state index contributed by atoms with van der Waals surface area (Å²) < 4.78 is 0. The van der Waals surface area contributed by atoms with E-state index in [1.54, 1.807) is 47.1 Å². The quantitative estimate of drug-likeness (QED) is 0.784. The van der Waals surface area contributed by atoms with E-state index in [1.165, 1.54) is 0 Å². The monoisotopic (exact) mass is 411 g/mol. The average Bonchev–Trinajstić information content (AvgIpc) is 3.24. The highest BCUT2D eigenvalue weighted by molar-refractivity contribution is 7.99. The zero-order valence-electron chi connectivity index (χ0n) is 15.7. The molecule has 2 aliphatic heterocycles. The fourth-order valence-electron chi connectivity index (χ4n) is 3.31. The molecule has 150 valence electrons. The van der Waals surface area contributed by atoms with E-state index in [2.05, 4.69) is 15.6 Å². The third-order valence-corrected chi connectivity index (χ3v) is 5.86. The maximum absolute atomic E-state index is 12.8. The molecule has 3 heterocycles. The number of amides is 3. The Morgan fingerprint density at radius 1 is 1.17 bits per heavy atom. The zero-order valence-corrected chi connectivity index (χ0v) is 16.5. The summed E-state index contributed by atoms with van der Waals surface area (Å²) in [6.07, 6.45) is 1.57. The van der Waals surface area contributed by atoms with E-state index < -0.39 is 6.04 Å². The first-order valence-corrected chi connectivity index (χ1v) is 10.5. The Balaban J connectivity index is 1.40. The van der Waals surface area contributed by atoms with Gasteiger partial charge >= 0.3 is 0 Å². The summed E-state index contributed by atoms with van der Waals surface area (Å²) in [7, 11) is 0. The van der Waals surface area contributed by atoms with E-state index in [1.807, 2.05) is 23.1 Å². The molecular formula is C20H21N5O3S. The Hall–Kier alpha value is -3.07. The number of benzene rings is 1. The summed E-state index contributed by atoms with van der Waals surface area (Å²) in [6, 6.07) is 12.0. The van der Waals surface area contributed by atoms with Gasteiger partial charge in [0.15, 0.2) is 0 Å². The standard InChI is InChI=1S/C20H21N5O3S/c26-18-11-24(9-8-21-18)17-7-6-15(10-22-17)23-19(27)16-12-29-13-25(16)20(28)14-4-2-1-3-5-14/h1-7,10,16H,8-9,11-13H2,(H,21,26)(H,23,27). The Morgan fingerprint density at radius 2 is 2.00 bits per heavy atom.